The van der Waals surface area contributed by atoms with Crippen molar-refractivity contribution in [2.45, 2.75) is 51.1 Å². The van der Waals surface area contributed by atoms with Crippen LogP contribution in [-0.2, 0) is 18.7 Å². The minimum Gasteiger partial charge on any atom is -0.412 e. The van der Waals surface area contributed by atoms with Crippen molar-refractivity contribution in [2.24, 2.45) is 0 Å². The van der Waals surface area contributed by atoms with Crippen molar-refractivity contribution in [3.63, 3.8) is 0 Å². The average Bonchev–Trinajstić information content (AvgIpc) is 2.51. The fourth-order valence-electron chi connectivity index (χ4n) is 2.34. The van der Waals surface area contributed by atoms with E-state index < -0.39 is 14.1 Å². The lowest BCUT2D eigenvalue weighted by molar-refractivity contribution is -0.209. The minimum absolute atomic E-state index is 0.0446. The number of aliphatic hydroxyl groups is 1. The average molecular weight is 419 g/mol. The number of carbonyl (C=O) groups excluding carboxylic acids is 1. The number of Topliss-reactive ketones (excluding diaryl/α,β-unsaturated/α-hetero) is 1. The number of ketones is 1. The van der Waals surface area contributed by atoms with Crippen LogP contribution in [0.4, 0.5) is 0 Å². The van der Waals surface area contributed by atoms with Gasteiger partial charge in [-0.05, 0) is 46.6 Å². The molecular formula is C17H27BrO5Si. The van der Waals surface area contributed by atoms with Crippen molar-refractivity contribution in [2.75, 3.05) is 26.4 Å². The minimum atomic E-state index is -2.01. The van der Waals surface area contributed by atoms with Crippen LogP contribution in [-0.4, -0.2) is 51.4 Å². The van der Waals surface area contributed by atoms with E-state index >= 15 is 0 Å². The zero-order valence-corrected chi connectivity index (χ0v) is 17.7. The summed E-state index contributed by atoms with van der Waals surface area (Å²) in [4.78, 5) is 12.7. The second kappa shape index (κ2) is 7.13. The van der Waals surface area contributed by atoms with Crippen LogP contribution in [0.1, 0.15) is 27.2 Å². The van der Waals surface area contributed by atoms with E-state index in [1.54, 1.807) is 6.08 Å². The summed E-state index contributed by atoms with van der Waals surface area (Å²) in [5.74, 6) is -1.33. The predicted molar refractivity (Wildman–Crippen MR) is 98.5 cm³/mol. The Morgan fingerprint density at radius 2 is 1.92 bits per heavy atom. The van der Waals surface area contributed by atoms with E-state index in [-0.39, 0.29) is 29.6 Å². The summed E-state index contributed by atoms with van der Waals surface area (Å²) in [6.07, 6.45) is 2.38. The Balaban J connectivity index is 2.32. The third kappa shape index (κ3) is 3.76. The highest BCUT2D eigenvalue weighted by molar-refractivity contribution is 9.11. The summed E-state index contributed by atoms with van der Waals surface area (Å²) >= 11 is 3.51. The van der Waals surface area contributed by atoms with E-state index in [1.807, 2.05) is 0 Å². The van der Waals surface area contributed by atoms with Gasteiger partial charge in [-0.15, -0.1) is 0 Å². The molecule has 0 atom stereocenters. The van der Waals surface area contributed by atoms with Gasteiger partial charge < -0.3 is 19.0 Å². The number of rotatable bonds is 4. The van der Waals surface area contributed by atoms with Crippen LogP contribution in [0, 0.1) is 0 Å². The SMILES string of the molecule is CC(C)(C)[Si](C)(C)OCC1=C(Br)C2(C=C(CO)C1=O)OCCCO2. The van der Waals surface area contributed by atoms with Gasteiger partial charge in [0.2, 0.25) is 5.79 Å². The first-order valence-corrected chi connectivity index (χ1v) is 11.9. The molecule has 2 rings (SSSR count). The molecule has 1 N–H and O–H groups in total. The Kier molecular flexibility index (Phi) is 5.94. The number of ether oxygens (including phenoxy) is 2. The molecule has 2 aliphatic rings. The Hall–Kier alpha value is -0.313. The first kappa shape index (κ1) is 20.0. The van der Waals surface area contributed by atoms with Gasteiger partial charge in [-0.3, -0.25) is 4.79 Å². The van der Waals surface area contributed by atoms with Crippen molar-refractivity contribution in [1.29, 1.82) is 0 Å². The largest absolute Gasteiger partial charge is 0.412 e. The summed E-state index contributed by atoms with van der Waals surface area (Å²) in [5.41, 5.74) is 0.752. The quantitative estimate of drug-likeness (QED) is 0.709. The summed E-state index contributed by atoms with van der Waals surface area (Å²) < 4.78 is 18.4. The number of aliphatic hydroxyl groups excluding tert-OH is 1. The molecule has 24 heavy (non-hydrogen) atoms. The van der Waals surface area contributed by atoms with Crippen LogP contribution in [0.3, 0.4) is 0 Å². The monoisotopic (exact) mass is 418 g/mol. The highest BCUT2D eigenvalue weighted by Crippen LogP contribution is 2.42. The molecule has 7 heteroatoms. The van der Waals surface area contributed by atoms with Crippen LogP contribution in [0.15, 0.2) is 21.7 Å². The van der Waals surface area contributed by atoms with E-state index in [0.29, 0.717) is 23.3 Å². The molecule has 0 radical (unpaired) electrons. The number of hydrogen-bond acceptors (Lipinski definition) is 5. The van der Waals surface area contributed by atoms with Crippen molar-refractivity contribution in [1.82, 2.24) is 0 Å². The summed E-state index contributed by atoms with van der Waals surface area (Å²) in [6, 6.07) is 0. The zero-order valence-electron chi connectivity index (χ0n) is 15.1. The maximum absolute atomic E-state index is 12.7. The summed E-state index contributed by atoms with van der Waals surface area (Å²) in [5, 5.41) is 9.61. The molecule has 1 fully saturated rings. The molecule has 1 saturated heterocycles. The van der Waals surface area contributed by atoms with Gasteiger partial charge in [-0.25, -0.2) is 0 Å². The number of carbonyl (C=O) groups is 1. The number of hydrogen-bond donors (Lipinski definition) is 1. The third-order valence-electron chi connectivity index (χ3n) is 4.98. The van der Waals surface area contributed by atoms with Gasteiger partial charge >= 0.3 is 0 Å². The topological polar surface area (TPSA) is 65.0 Å². The highest BCUT2D eigenvalue weighted by Gasteiger charge is 2.45. The molecule has 0 aromatic carbocycles. The molecule has 1 spiro atoms. The van der Waals surface area contributed by atoms with Crippen LogP contribution >= 0.6 is 15.9 Å². The van der Waals surface area contributed by atoms with E-state index in [2.05, 4.69) is 49.8 Å². The van der Waals surface area contributed by atoms with Crippen molar-refractivity contribution >= 4 is 30.0 Å². The van der Waals surface area contributed by atoms with Gasteiger partial charge in [0, 0.05) is 11.1 Å². The summed E-state index contributed by atoms with van der Waals surface area (Å²) in [6.45, 7) is 11.6. The Labute approximate surface area is 153 Å². The molecule has 0 bridgehead atoms. The van der Waals surface area contributed by atoms with Crippen molar-refractivity contribution in [3.05, 3.63) is 21.7 Å². The number of halogens is 1. The third-order valence-corrected chi connectivity index (χ3v) is 10.5. The lowest BCUT2D eigenvalue weighted by atomic mass is 9.93. The molecule has 136 valence electrons. The second-order valence-electron chi connectivity index (χ2n) is 7.72. The first-order valence-electron chi connectivity index (χ1n) is 8.22. The van der Waals surface area contributed by atoms with Gasteiger partial charge in [0.1, 0.15) is 0 Å². The van der Waals surface area contributed by atoms with E-state index in [0.717, 1.165) is 6.42 Å². The van der Waals surface area contributed by atoms with Crippen LogP contribution in [0.2, 0.25) is 18.1 Å². The van der Waals surface area contributed by atoms with Gasteiger partial charge in [-0.2, -0.15) is 0 Å². The summed E-state index contributed by atoms with van der Waals surface area (Å²) in [7, 11) is -2.01. The van der Waals surface area contributed by atoms with Crippen molar-refractivity contribution < 1.29 is 23.8 Å². The molecule has 5 nitrogen and oxygen atoms in total. The molecule has 1 aliphatic heterocycles. The molecule has 0 aromatic rings. The van der Waals surface area contributed by atoms with Crippen LogP contribution in [0.25, 0.3) is 0 Å². The van der Waals surface area contributed by atoms with Gasteiger partial charge in [0.25, 0.3) is 0 Å². The highest BCUT2D eigenvalue weighted by atomic mass is 79.9. The van der Waals surface area contributed by atoms with Crippen LogP contribution in [0.5, 0.6) is 0 Å². The normalized spacial score (nSPS) is 22.1. The fourth-order valence-corrected chi connectivity index (χ4v) is 3.91. The lowest BCUT2D eigenvalue weighted by Crippen LogP contribution is -2.45. The molecule has 1 heterocycles. The molecule has 0 amide bonds. The second-order valence-corrected chi connectivity index (χ2v) is 13.3. The first-order chi connectivity index (χ1) is 11.0. The van der Waals surface area contributed by atoms with Crippen LogP contribution < -0.4 is 0 Å². The van der Waals surface area contributed by atoms with E-state index in [9.17, 15) is 9.90 Å². The van der Waals surface area contributed by atoms with Gasteiger partial charge in [0.15, 0.2) is 14.1 Å². The molecule has 0 saturated carbocycles. The Morgan fingerprint density at radius 3 is 2.42 bits per heavy atom. The maximum atomic E-state index is 12.7. The Morgan fingerprint density at radius 1 is 1.33 bits per heavy atom. The zero-order chi connectivity index (χ0) is 18.2. The van der Waals surface area contributed by atoms with E-state index in [4.69, 9.17) is 13.9 Å². The molecule has 1 aliphatic carbocycles. The maximum Gasteiger partial charge on any atom is 0.223 e. The standard InChI is InChI=1S/C17H27BrO5Si/c1-16(2,3)24(4,5)23-11-13-14(20)12(10-19)9-17(15(13)18)21-7-6-8-22-17/h9,19H,6-8,10-11H2,1-5H3. The molecule has 0 unspecified atom stereocenters. The molecule has 0 aromatic heterocycles. The lowest BCUT2D eigenvalue weighted by Gasteiger charge is -2.40. The smallest absolute Gasteiger partial charge is 0.223 e. The van der Waals surface area contributed by atoms with Gasteiger partial charge in [0.05, 0.1) is 30.9 Å². The molecular weight excluding hydrogens is 392 g/mol. The fraction of sp³-hybridized carbons (Fsp3) is 0.706. The van der Waals surface area contributed by atoms with Gasteiger partial charge in [-0.1, -0.05) is 20.8 Å². The van der Waals surface area contributed by atoms with Crippen molar-refractivity contribution in [3.8, 4) is 0 Å². The predicted octanol–water partition coefficient (Wildman–Crippen LogP) is 3.29. The Bertz CT molecular complexity index is 568. The van der Waals surface area contributed by atoms with E-state index in [1.165, 1.54) is 0 Å².